The number of guanidine groups is 1. The highest BCUT2D eigenvalue weighted by atomic mass is 127. The summed E-state index contributed by atoms with van der Waals surface area (Å²) in [4.78, 5) is 31.2. The zero-order chi connectivity index (χ0) is 22.7. The summed E-state index contributed by atoms with van der Waals surface area (Å²) in [7, 11) is 4.97. The number of likely N-dealkylation sites (tertiary alicyclic amines) is 1. The van der Waals surface area contributed by atoms with Gasteiger partial charge in [0.1, 0.15) is 0 Å². The molecule has 1 saturated carbocycles. The lowest BCUT2D eigenvalue weighted by atomic mass is 9.85. The van der Waals surface area contributed by atoms with Gasteiger partial charge in [0.25, 0.3) is 0 Å². The smallest absolute Gasteiger partial charge is 0.233 e. The summed E-state index contributed by atoms with van der Waals surface area (Å²) in [6.07, 6.45) is 7.00. The van der Waals surface area contributed by atoms with Crippen LogP contribution < -0.4 is 20.1 Å². The van der Waals surface area contributed by atoms with E-state index in [4.69, 9.17) is 9.47 Å². The van der Waals surface area contributed by atoms with Crippen molar-refractivity contribution in [1.29, 1.82) is 0 Å². The summed E-state index contributed by atoms with van der Waals surface area (Å²) in [5, 5.41) is 6.50. The summed E-state index contributed by atoms with van der Waals surface area (Å²) in [6.45, 7) is 1.60. The quantitative estimate of drug-likeness (QED) is 0.119. The summed E-state index contributed by atoms with van der Waals surface area (Å²) < 4.78 is 10.6. The van der Waals surface area contributed by atoms with Gasteiger partial charge in [-0.15, -0.1) is 24.0 Å². The van der Waals surface area contributed by atoms with Crippen molar-refractivity contribution in [1.82, 2.24) is 15.5 Å². The Morgan fingerprint density at radius 1 is 1.03 bits per heavy atom. The molecule has 180 valence electrons. The first-order valence-corrected chi connectivity index (χ1v) is 11.3. The fraction of sp³-hybridized carbons (Fsp3) is 0.542. The maximum Gasteiger partial charge on any atom is 0.233 e. The number of fused-ring (bicyclic) bond motifs is 5. The van der Waals surface area contributed by atoms with Crippen LogP contribution in [0.25, 0.3) is 0 Å². The molecule has 9 heteroatoms. The number of halogens is 1. The minimum atomic E-state index is -0.133. The van der Waals surface area contributed by atoms with Crippen LogP contribution in [0, 0.1) is 23.7 Å². The fourth-order valence-electron chi connectivity index (χ4n) is 5.23. The number of hydrogen-bond acceptors (Lipinski definition) is 5. The second-order valence-corrected chi connectivity index (χ2v) is 8.55. The van der Waals surface area contributed by atoms with Gasteiger partial charge in [0.05, 0.1) is 26.1 Å². The van der Waals surface area contributed by atoms with E-state index >= 15 is 0 Å². The Morgan fingerprint density at radius 2 is 1.67 bits per heavy atom. The van der Waals surface area contributed by atoms with E-state index in [2.05, 4.69) is 27.8 Å². The number of ether oxygens (including phenoxy) is 2. The number of methoxy groups -OCH3 is 2. The first-order chi connectivity index (χ1) is 15.6. The molecule has 0 radical (unpaired) electrons. The summed E-state index contributed by atoms with van der Waals surface area (Å²) >= 11 is 0. The predicted molar refractivity (Wildman–Crippen MR) is 137 cm³/mol. The third-order valence-electron chi connectivity index (χ3n) is 6.80. The number of aliphatic imine (C=N–C) groups is 1. The van der Waals surface area contributed by atoms with E-state index in [1.165, 1.54) is 10.5 Å². The van der Waals surface area contributed by atoms with Crippen molar-refractivity contribution in [2.45, 2.75) is 19.3 Å². The van der Waals surface area contributed by atoms with Crippen LogP contribution in [0.5, 0.6) is 11.5 Å². The number of nitrogens with zero attached hydrogens (tertiary/aromatic N) is 2. The van der Waals surface area contributed by atoms with Crippen molar-refractivity contribution < 1.29 is 19.1 Å². The van der Waals surface area contributed by atoms with E-state index in [0.29, 0.717) is 19.0 Å². The fourth-order valence-corrected chi connectivity index (χ4v) is 5.23. The van der Waals surface area contributed by atoms with Gasteiger partial charge in [-0.25, -0.2) is 0 Å². The van der Waals surface area contributed by atoms with Gasteiger partial charge in [-0.1, -0.05) is 18.2 Å². The number of hydrogen-bond donors (Lipinski definition) is 2. The highest BCUT2D eigenvalue weighted by Crippen LogP contribution is 2.52. The molecule has 0 spiro atoms. The lowest BCUT2D eigenvalue weighted by molar-refractivity contribution is -0.140. The van der Waals surface area contributed by atoms with E-state index < -0.39 is 0 Å². The van der Waals surface area contributed by atoms with Gasteiger partial charge in [-0.2, -0.15) is 0 Å². The van der Waals surface area contributed by atoms with Crippen LogP contribution in [0.1, 0.15) is 18.4 Å². The van der Waals surface area contributed by atoms with Crippen molar-refractivity contribution >= 4 is 41.8 Å². The first kappa shape index (κ1) is 25.3. The Hall–Kier alpha value is -2.30. The maximum absolute atomic E-state index is 12.7. The number of nitrogens with one attached hydrogen (secondary N) is 2. The normalized spacial score (nSPS) is 25.2. The molecule has 4 unspecified atom stereocenters. The van der Waals surface area contributed by atoms with Gasteiger partial charge in [0, 0.05) is 26.7 Å². The van der Waals surface area contributed by atoms with E-state index in [-0.39, 0.29) is 59.5 Å². The molecule has 2 aliphatic carbocycles. The molecule has 1 aromatic carbocycles. The number of aryl methyl sites for hydroxylation is 1. The first-order valence-electron chi connectivity index (χ1n) is 11.3. The minimum absolute atomic E-state index is 0. The second kappa shape index (κ2) is 11.2. The van der Waals surface area contributed by atoms with E-state index in [9.17, 15) is 9.59 Å². The molecular weight excluding hydrogens is 535 g/mol. The standard InChI is InChI=1S/C24H32N4O4.HI/c1-25-24(26-10-4-5-15-6-9-18(31-2)19(13-15)32-3)27-11-12-28-22(29)20-16-7-8-17(14-16)21(20)23(28)30;/h6-9,13,16-17,20-21H,4-5,10-12,14H2,1-3H3,(H2,25,26,27);1H. The van der Waals surface area contributed by atoms with Crippen molar-refractivity contribution in [3.8, 4) is 11.5 Å². The van der Waals surface area contributed by atoms with Gasteiger partial charge >= 0.3 is 0 Å². The summed E-state index contributed by atoms with van der Waals surface area (Å²) in [5.41, 5.74) is 1.17. The summed E-state index contributed by atoms with van der Waals surface area (Å²) in [6, 6.07) is 5.95. The molecule has 1 heterocycles. The number of carbonyl (C=O) groups excluding carboxylic acids is 2. The van der Waals surface area contributed by atoms with Crippen molar-refractivity contribution in [3.63, 3.8) is 0 Å². The van der Waals surface area contributed by atoms with E-state index in [1.54, 1.807) is 21.3 Å². The van der Waals surface area contributed by atoms with Gasteiger partial charge < -0.3 is 20.1 Å². The number of imide groups is 1. The van der Waals surface area contributed by atoms with Gasteiger partial charge in [-0.05, 0) is 48.8 Å². The number of rotatable bonds is 9. The monoisotopic (exact) mass is 568 g/mol. The Bertz CT molecular complexity index is 905. The Balaban J connectivity index is 0.00000306. The van der Waals surface area contributed by atoms with Crippen LogP contribution in [0.3, 0.4) is 0 Å². The van der Waals surface area contributed by atoms with Gasteiger partial charge in [0.15, 0.2) is 17.5 Å². The van der Waals surface area contributed by atoms with Crippen LogP contribution in [0.2, 0.25) is 0 Å². The molecule has 2 bridgehead atoms. The number of amides is 2. The lowest BCUT2D eigenvalue weighted by Crippen LogP contribution is -2.44. The van der Waals surface area contributed by atoms with Crippen molar-refractivity contribution in [2.75, 3.05) is 40.9 Å². The number of carbonyl (C=O) groups is 2. The molecule has 1 saturated heterocycles. The molecule has 1 aromatic rings. The highest BCUT2D eigenvalue weighted by molar-refractivity contribution is 14.0. The molecule has 0 aromatic heterocycles. The third-order valence-corrected chi connectivity index (χ3v) is 6.80. The molecule has 33 heavy (non-hydrogen) atoms. The maximum atomic E-state index is 12.7. The van der Waals surface area contributed by atoms with E-state index in [0.717, 1.165) is 37.3 Å². The molecular formula is C24H33IN4O4. The average molecular weight is 568 g/mol. The molecule has 2 N–H and O–H groups in total. The second-order valence-electron chi connectivity index (χ2n) is 8.55. The van der Waals surface area contributed by atoms with Crippen LogP contribution in [-0.4, -0.2) is 63.6 Å². The third kappa shape index (κ3) is 5.12. The number of benzene rings is 1. The molecule has 8 nitrogen and oxygen atoms in total. The molecule has 4 rings (SSSR count). The van der Waals surface area contributed by atoms with Crippen molar-refractivity contribution in [3.05, 3.63) is 35.9 Å². The molecule has 3 aliphatic rings. The Kier molecular flexibility index (Phi) is 8.61. The number of allylic oxidation sites excluding steroid dienone is 2. The zero-order valence-corrected chi connectivity index (χ0v) is 21.7. The predicted octanol–water partition coefficient (Wildman–Crippen LogP) is 2.23. The topological polar surface area (TPSA) is 92.3 Å². The largest absolute Gasteiger partial charge is 0.493 e. The van der Waals surface area contributed by atoms with Crippen LogP contribution >= 0.6 is 24.0 Å². The Labute approximate surface area is 212 Å². The minimum Gasteiger partial charge on any atom is -0.493 e. The molecule has 4 atom stereocenters. The van der Waals surface area contributed by atoms with Crippen LogP contribution in [0.15, 0.2) is 35.3 Å². The van der Waals surface area contributed by atoms with Crippen LogP contribution in [0.4, 0.5) is 0 Å². The molecule has 1 aliphatic heterocycles. The average Bonchev–Trinajstić information content (AvgIpc) is 3.50. The Morgan fingerprint density at radius 3 is 2.27 bits per heavy atom. The highest BCUT2D eigenvalue weighted by Gasteiger charge is 2.58. The van der Waals surface area contributed by atoms with Crippen LogP contribution in [-0.2, 0) is 16.0 Å². The van der Waals surface area contributed by atoms with Gasteiger partial charge in [-0.3, -0.25) is 19.5 Å². The summed E-state index contributed by atoms with van der Waals surface area (Å²) in [5.74, 6) is 2.35. The van der Waals surface area contributed by atoms with Crippen molar-refractivity contribution in [2.24, 2.45) is 28.7 Å². The molecule has 2 fully saturated rings. The molecule has 2 amide bonds. The SMILES string of the molecule is CN=C(NCCCc1ccc(OC)c(OC)c1)NCCN1C(=O)C2C3C=CC(C3)C2C1=O.I. The zero-order valence-electron chi connectivity index (χ0n) is 19.4. The lowest BCUT2D eigenvalue weighted by Gasteiger charge is -2.18. The van der Waals surface area contributed by atoms with E-state index in [1.807, 2.05) is 18.2 Å². The van der Waals surface area contributed by atoms with Gasteiger partial charge in [0.2, 0.25) is 11.8 Å².